The second-order valence-corrected chi connectivity index (χ2v) is 5.69. The van der Waals surface area contributed by atoms with Crippen molar-refractivity contribution in [3.05, 3.63) is 58.6 Å². The van der Waals surface area contributed by atoms with Gasteiger partial charge in [-0.2, -0.15) is 0 Å². The average molecular weight is 302 g/mol. The van der Waals surface area contributed by atoms with Crippen LogP contribution in [0, 0.1) is 6.92 Å². The summed E-state index contributed by atoms with van der Waals surface area (Å²) in [4.78, 5) is 12.3. The van der Waals surface area contributed by atoms with Gasteiger partial charge in [-0.25, -0.2) is 0 Å². The Kier molecular flexibility index (Phi) is 3.84. The van der Waals surface area contributed by atoms with Crippen molar-refractivity contribution in [2.45, 2.75) is 25.9 Å². The summed E-state index contributed by atoms with van der Waals surface area (Å²) in [6.07, 6.45) is 1.07. The molecule has 21 heavy (non-hydrogen) atoms. The predicted molar refractivity (Wildman–Crippen MR) is 84.0 cm³/mol. The highest BCUT2D eigenvalue weighted by molar-refractivity contribution is 6.30. The minimum Gasteiger partial charge on any atom is -0.480 e. The number of ether oxygens (including phenoxy) is 1. The molecule has 3 nitrogen and oxygen atoms in total. The Morgan fingerprint density at radius 1 is 1.29 bits per heavy atom. The van der Waals surface area contributed by atoms with E-state index in [0.29, 0.717) is 17.1 Å². The van der Waals surface area contributed by atoms with Crippen molar-refractivity contribution in [3.8, 4) is 5.75 Å². The van der Waals surface area contributed by atoms with Crippen LogP contribution in [0.5, 0.6) is 5.75 Å². The van der Waals surface area contributed by atoms with Gasteiger partial charge in [0.15, 0.2) is 6.10 Å². The third-order valence-electron chi connectivity index (χ3n) is 3.55. The van der Waals surface area contributed by atoms with Gasteiger partial charge in [-0.05, 0) is 55.2 Å². The molecular weight excluding hydrogens is 286 g/mol. The van der Waals surface area contributed by atoms with E-state index in [2.05, 4.69) is 17.4 Å². The van der Waals surface area contributed by atoms with Crippen molar-refractivity contribution in [2.75, 3.05) is 5.32 Å². The first kappa shape index (κ1) is 14.0. The Hall–Kier alpha value is -2.00. The van der Waals surface area contributed by atoms with Crippen LogP contribution in [0.25, 0.3) is 0 Å². The molecule has 0 fully saturated rings. The first-order valence-electron chi connectivity index (χ1n) is 6.94. The lowest BCUT2D eigenvalue weighted by Gasteiger charge is -2.25. The van der Waals surface area contributed by atoms with Gasteiger partial charge in [0.25, 0.3) is 5.91 Å². The fraction of sp³-hybridized carbons (Fsp3) is 0.235. The van der Waals surface area contributed by atoms with Crippen LogP contribution in [0.3, 0.4) is 0 Å². The third-order valence-corrected chi connectivity index (χ3v) is 3.79. The van der Waals surface area contributed by atoms with Crippen LogP contribution in [-0.2, 0) is 11.2 Å². The SMILES string of the molecule is Cc1ccc2c(c1)OC(C(=O)Nc1cccc(Cl)c1)CC2. The summed E-state index contributed by atoms with van der Waals surface area (Å²) in [5.74, 6) is 0.678. The number of halogens is 1. The number of nitrogens with one attached hydrogen (secondary N) is 1. The quantitative estimate of drug-likeness (QED) is 0.911. The second kappa shape index (κ2) is 5.78. The van der Waals surface area contributed by atoms with E-state index >= 15 is 0 Å². The predicted octanol–water partition coefficient (Wildman–Crippen LogP) is 3.98. The second-order valence-electron chi connectivity index (χ2n) is 5.26. The third kappa shape index (κ3) is 3.19. The summed E-state index contributed by atoms with van der Waals surface area (Å²) in [7, 11) is 0. The van der Waals surface area contributed by atoms with Crippen LogP contribution < -0.4 is 10.1 Å². The van der Waals surface area contributed by atoms with Gasteiger partial charge in [0, 0.05) is 10.7 Å². The summed E-state index contributed by atoms with van der Waals surface area (Å²) in [6.45, 7) is 2.01. The number of carbonyl (C=O) groups is 1. The summed E-state index contributed by atoms with van der Waals surface area (Å²) >= 11 is 5.92. The molecule has 1 unspecified atom stereocenters. The van der Waals surface area contributed by atoms with Crippen molar-refractivity contribution < 1.29 is 9.53 Å². The van der Waals surface area contributed by atoms with Crippen molar-refractivity contribution >= 4 is 23.2 Å². The fourth-order valence-corrected chi connectivity index (χ4v) is 2.64. The molecule has 108 valence electrons. The topological polar surface area (TPSA) is 38.3 Å². The number of benzene rings is 2. The van der Waals surface area contributed by atoms with Gasteiger partial charge in [0.2, 0.25) is 0 Å². The van der Waals surface area contributed by atoms with E-state index < -0.39 is 6.10 Å². The highest BCUT2D eigenvalue weighted by atomic mass is 35.5. The van der Waals surface area contributed by atoms with E-state index in [9.17, 15) is 4.79 Å². The van der Waals surface area contributed by atoms with Crippen LogP contribution in [0.1, 0.15) is 17.5 Å². The highest BCUT2D eigenvalue weighted by Crippen LogP contribution is 2.29. The molecule has 0 aliphatic carbocycles. The van der Waals surface area contributed by atoms with Crippen molar-refractivity contribution in [1.29, 1.82) is 0 Å². The fourth-order valence-electron chi connectivity index (χ4n) is 2.45. The number of amides is 1. The molecule has 0 bridgehead atoms. The van der Waals surface area contributed by atoms with E-state index in [4.69, 9.17) is 16.3 Å². The zero-order valence-corrected chi connectivity index (χ0v) is 12.5. The zero-order chi connectivity index (χ0) is 14.8. The maximum atomic E-state index is 12.3. The Bertz CT molecular complexity index is 684. The van der Waals surface area contributed by atoms with E-state index in [1.807, 2.05) is 19.1 Å². The number of rotatable bonds is 2. The molecule has 0 spiro atoms. The maximum absolute atomic E-state index is 12.3. The molecular formula is C17H16ClNO2. The number of hydrogen-bond acceptors (Lipinski definition) is 2. The molecule has 4 heteroatoms. The van der Waals surface area contributed by atoms with E-state index in [1.54, 1.807) is 18.2 Å². The average Bonchev–Trinajstić information content (AvgIpc) is 2.46. The first-order valence-corrected chi connectivity index (χ1v) is 7.32. The number of anilines is 1. The molecule has 0 saturated heterocycles. The maximum Gasteiger partial charge on any atom is 0.265 e. The smallest absolute Gasteiger partial charge is 0.265 e. The first-order chi connectivity index (χ1) is 10.1. The highest BCUT2D eigenvalue weighted by Gasteiger charge is 2.26. The van der Waals surface area contributed by atoms with E-state index in [0.717, 1.165) is 23.3 Å². The molecule has 2 aromatic rings. The van der Waals surface area contributed by atoms with Crippen molar-refractivity contribution in [3.63, 3.8) is 0 Å². The number of carbonyl (C=O) groups excluding carboxylic acids is 1. The largest absolute Gasteiger partial charge is 0.480 e. The van der Waals surface area contributed by atoms with Gasteiger partial charge in [-0.3, -0.25) is 4.79 Å². The summed E-state index contributed by atoms with van der Waals surface area (Å²) in [5.41, 5.74) is 2.98. The number of hydrogen-bond donors (Lipinski definition) is 1. The lowest BCUT2D eigenvalue weighted by Crippen LogP contribution is -2.35. The van der Waals surface area contributed by atoms with Crippen LogP contribution in [0.15, 0.2) is 42.5 Å². The Morgan fingerprint density at radius 2 is 2.14 bits per heavy atom. The lowest BCUT2D eigenvalue weighted by molar-refractivity contribution is -0.123. The molecule has 0 aromatic heterocycles. The monoisotopic (exact) mass is 301 g/mol. The molecule has 1 N–H and O–H groups in total. The van der Waals surface area contributed by atoms with Crippen LogP contribution in [0.2, 0.25) is 5.02 Å². The standard InChI is InChI=1S/C17H16ClNO2/c1-11-5-6-12-7-8-15(21-16(12)9-11)17(20)19-14-4-2-3-13(18)10-14/h2-6,9-10,15H,7-8H2,1H3,(H,19,20). The van der Waals surface area contributed by atoms with Gasteiger partial charge < -0.3 is 10.1 Å². The van der Waals surface area contributed by atoms with Crippen LogP contribution in [0.4, 0.5) is 5.69 Å². The van der Waals surface area contributed by atoms with Gasteiger partial charge in [-0.15, -0.1) is 0 Å². The van der Waals surface area contributed by atoms with E-state index in [-0.39, 0.29) is 5.91 Å². The van der Waals surface area contributed by atoms with Crippen molar-refractivity contribution in [2.24, 2.45) is 0 Å². The van der Waals surface area contributed by atoms with E-state index in [1.165, 1.54) is 0 Å². The summed E-state index contributed by atoms with van der Waals surface area (Å²) in [6, 6.07) is 13.2. The molecule has 0 radical (unpaired) electrons. The molecule has 2 aromatic carbocycles. The van der Waals surface area contributed by atoms with Crippen LogP contribution >= 0.6 is 11.6 Å². The number of fused-ring (bicyclic) bond motifs is 1. The van der Waals surface area contributed by atoms with Crippen LogP contribution in [-0.4, -0.2) is 12.0 Å². The molecule has 3 rings (SSSR count). The van der Waals surface area contributed by atoms with Gasteiger partial charge >= 0.3 is 0 Å². The molecule has 0 saturated carbocycles. The molecule has 1 heterocycles. The lowest BCUT2D eigenvalue weighted by atomic mass is 10.0. The Labute approximate surface area is 128 Å². The van der Waals surface area contributed by atoms with Gasteiger partial charge in [0.05, 0.1) is 0 Å². The zero-order valence-electron chi connectivity index (χ0n) is 11.7. The van der Waals surface area contributed by atoms with Gasteiger partial charge in [0.1, 0.15) is 5.75 Å². The molecule has 1 amide bonds. The summed E-state index contributed by atoms with van der Waals surface area (Å²) in [5, 5.41) is 3.45. The normalized spacial score (nSPS) is 16.8. The Balaban J connectivity index is 1.72. The minimum absolute atomic E-state index is 0.135. The van der Waals surface area contributed by atoms with Crippen molar-refractivity contribution in [1.82, 2.24) is 0 Å². The summed E-state index contributed by atoms with van der Waals surface area (Å²) < 4.78 is 5.83. The Morgan fingerprint density at radius 3 is 2.95 bits per heavy atom. The number of aryl methyl sites for hydroxylation is 2. The molecule has 1 aliphatic rings. The minimum atomic E-state index is -0.460. The van der Waals surface area contributed by atoms with Gasteiger partial charge in [-0.1, -0.05) is 29.8 Å². The molecule has 1 aliphatic heterocycles. The molecule has 1 atom stereocenters.